The Kier molecular flexibility index (Phi) is 2.74. The molecule has 16 heavy (non-hydrogen) atoms. The van der Waals surface area contributed by atoms with Gasteiger partial charge in [-0.05, 0) is 19.9 Å². The van der Waals surface area contributed by atoms with Crippen LogP contribution in [0.1, 0.15) is 11.8 Å². The normalized spacial score (nSPS) is 12.6. The summed E-state index contributed by atoms with van der Waals surface area (Å²) >= 11 is 1.56. The maximum Gasteiger partial charge on any atom is 0.325 e. The van der Waals surface area contributed by atoms with Gasteiger partial charge in [0.15, 0.2) is 0 Å². The quantitative estimate of drug-likeness (QED) is 0.852. The van der Waals surface area contributed by atoms with E-state index in [-0.39, 0.29) is 0 Å². The van der Waals surface area contributed by atoms with Gasteiger partial charge in [-0.15, -0.1) is 11.3 Å². The Hall–Kier alpha value is -1.69. The predicted molar refractivity (Wildman–Crippen MR) is 62.9 cm³/mol. The number of carboxylic acids is 1. The van der Waals surface area contributed by atoms with Crippen LogP contribution in [0.2, 0.25) is 0 Å². The zero-order valence-electron chi connectivity index (χ0n) is 8.89. The van der Waals surface area contributed by atoms with E-state index < -0.39 is 12.0 Å². The highest BCUT2D eigenvalue weighted by Crippen LogP contribution is 2.27. The fourth-order valence-electron chi connectivity index (χ4n) is 1.36. The second kappa shape index (κ2) is 4.05. The molecule has 0 aliphatic carbocycles. The van der Waals surface area contributed by atoms with Crippen molar-refractivity contribution >= 4 is 33.3 Å². The number of nitrogens with zero attached hydrogens (tertiary/aromatic N) is 2. The Bertz CT molecular complexity index is 538. The SMILES string of the molecule is Cc1cc2c(NC(C)C(=O)O)ncnc2s1. The first kappa shape index (κ1) is 10.8. The first-order valence-corrected chi connectivity index (χ1v) is 5.60. The molecule has 0 saturated carbocycles. The Balaban J connectivity index is 2.40. The van der Waals surface area contributed by atoms with Gasteiger partial charge in [-0.3, -0.25) is 4.79 Å². The molecule has 0 radical (unpaired) electrons. The van der Waals surface area contributed by atoms with Crippen molar-refractivity contribution in [2.45, 2.75) is 19.9 Å². The summed E-state index contributed by atoms with van der Waals surface area (Å²) in [4.78, 5) is 20.9. The van der Waals surface area contributed by atoms with Crippen LogP contribution in [-0.2, 0) is 4.79 Å². The first-order valence-electron chi connectivity index (χ1n) is 4.78. The van der Waals surface area contributed by atoms with Crippen LogP contribution in [0, 0.1) is 6.92 Å². The number of fused-ring (bicyclic) bond motifs is 1. The van der Waals surface area contributed by atoms with Crippen LogP contribution >= 0.6 is 11.3 Å². The predicted octanol–water partition coefficient (Wildman–Crippen LogP) is 1.88. The summed E-state index contributed by atoms with van der Waals surface area (Å²) in [6, 6.07) is 1.29. The largest absolute Gasteiger partial charge is 0.480 e. The molecule has 0 saturated heterocycles. The minimum atomic E-state index is -0.904. The fourth-order valence-corrected chi connectivity index (χ4v) is 2.21. The molecule has 0 fully saturated rings. The molecular formula is C10H11N3O2S. The lowest BCUT2D eigenvalue weighted by Gasteiger charge is -2.09. The highest BCUT2D eigenvalue weighted by atomic mass is 32.1. The van der Waals surface area contributed by atoms with Crippen LogP contribution in [0.4, 0.5) is 5.82 Å². The molecule has 0 amide bonds. The van der Waals surface area contributed by atoms with Crippen LogP contribution in [0.25, 0.3) is 10.2 Å². The lowest BCUT2D eigenvalue weighted by Crippen LogP contribution is -2.25. The third kappa shape index (κ3) is 1.96. The first-order chi connectivity index (χ1) is 7.58. The highest BCUT2D eigenvalue weighted by Gasteiger charge is 2.13. The molecule has 2 rings (SSSR count). The van der Waals surface area contributed by atoms with Gasteiger partial charge in [-0.2, -0.15) is 0 Å². The van der Waals surface area contributed by atoms with Crippen LogP contribution in [-0.4, -0.2) is 27.1 Å². The monoisotopic (exact) mass is 237 g/mol. The molecule has 5 nitrogen and oxygen atoms in total. The number of aryl methyl sites for hydroxylation is 1. The Morgan fingerprint density at radius 3 is 3.00 bits per heavy atom. The number of hydrogen-bond donors (Lipinski definition) is 2. The van der Waals surface area contributed by atoms with Gasteiger partial charge in [0.2, 0.25) is 0 Å². The van der Waals surface area contributed by atoms with Crippen molar-refractivity contribution in [3.05, 3.63) is 17.3 Å². The Labute approximate surface area is 96.2 Å². The maximum atomic E-state index is 10.7. The van der Waals surface area contributed by atoms with Gasteiger partial charge in [-0.25, -0.2) is 9.97 Å². The highest BCUT2D eigenvalue weighted by molar-refractivity contribution is 7.18. The van der Waals surface area contributed by atoms with E-state index in [1.54, 1.807) is 18.3 Å². The van der Waals surface area contributed by atoms with E-state index in [4.69, 9.17) is 5.11 Å². The Morgan fingerprint density at radius 2 is 2.31 bits per heavy atom. The third-order valence-electron chi connectivity index (χ3n) is 2.18. The molecule has 0 aliphatic rings. The van der Waals surface area contributed by atoms with Crippen LogP contribution in [0.3, 0.4) is 0 Å². The van der Waals surface area contributed by atoms with E-state index in [0.717, 1.165) is 15.1 Å². The van der Waals surface area contributed by atoms with E-state index in [1.165, 1.54) is 6.33 Å². The molecule has 2 heterocycles. The minimum Gasteiger partial charge on any atom is -0.480 e. The van der Waals surface area contributed by atoms with Crippen molar-refractivity contribution in [3.8, 4) is 0 Å². The third-order valence-corrected chi connectivity index (χ3v) is 3.13. The van der Waals surface area contributed by atoms with Gasteiger partial charge < -0.3 is 10.4 Å². The number of carbonyl (C=O) groups is 1. The van der Waals surface area contributed by atoms with Crippen molar-refractivity contribution in [3.63, 3.8) is 0 Å². The van der Waals surface area contributed by atoms with Gasteiger partial charge >= 0.3 is 5.97 Å². The number of rotatable bonds is 3. The second-order valence-corrected chi connectivity index (χ2v) is 4.74. The van der Waals surface area contributed by atoms with Crippen molar-refractivity contribution in [1.82, 2.24) is 9.97 Å². The molecule has 0 spiro atoms. The number of aromatic nitrogens is 2. The topological polar surface area (TPSA) is 75.1 Å². The molecule has 0 aliphatic heterocycles. The second-order valence-electron chi connectivity index (χ2n) is 3.50. The average Bonchev–Trinajstić information content (AvgIpc) is 2.59. The summed E-state index contributed by atoms with van der Waals surface area (Å²) in [6.07, 6.45) is 1.44. The molecular weight excluding hydrogens is 226 g/mol. The van der Waals surface area contributed by atoms with Crippen LogP contribution < -0.4 is 5.32 Å². The van der Waals surface area contributed by atoms with Crippen LogP contribution in [0.15, 0.2) is 12.4 Å². The molecule has 1 unspecified atom stereocenters. The van der Waals surface area contributed by atoms with Gasteiger partial charge in [0.25, 0.3) is 0 Å². The lowest BCUT2D eigenvalue weighted by molar-refractivity contribution is -0.137. The van der Waals surface area contributed by atoms with E-state index in [2.05, 4.69) is 15.3 Å². The average molecular weight is 237 g/mol. The van der Waals surface area contributed by atoms with Gasteiger partial charge in [0.05, 0.1) is 5.39 Å². The summed E-state index contributed by atoms with van der Waals surface area (Å²) in [7, 11) is 0. The molecule has 2 aromatic heterocycles. The van der Waals surface area contributed by atoms with Crippen molar-refractivity contribution in [2.24, 2.45) is 0 Å². The van der Waals surface area contributed by atoms with Gasteiger partial charge in [-0.1, -0.05) is 0 Å². The smallest absolute Gasteiger partial charge is 0.325 e. The number of carboxylic acid groups (broad SMARTS) is 1. The fraction of sp³-hybridized carbons (Fsp3) is 0.300. The van der Waals surface area contributed by atoms with E-state index >= 15 is 0 Å². The molecule has 1 atom stereocenters. The molecule has 6 heteroatoms. The molecule has 84 valence electrons. The van der Waals surface area contributed by atoms with E-state index in [1.807, 2.05) is 13.0 Å². The van der Waals surface area contributed by atoms with E-state index in [9.17, 15) is 4.79 Å². The minimum absolute atomic E-state index is 0.573. The molecule has 2 N–H and O–H groups in total. The van der Waals surface area contributed by atoms with Gasteiger partial charge in [0, 0.05) is 4.88 Å². The summed E-state index contributed by atoms with van der Waals surface area (Å²) in [5.74, 6) is -0.331. The van der Waals surface area contributed by atoms with E-state index in [0.29, 0.717) is 5.82 Å². The van der Waals surface area contributed by atoms with Crippen LogP contribution in [0.5, 0.6) is 0 Å². The molecule has 2 aromatic rings. The van der Waals surface area contributed by atoms with Crippen molar-refractivity contribution in [1.29, 1.82) is 0 Å². The lowest BCUT2D eigenvalue weighted by atomic mass is 10.3. The Morgan fingerprint density at radius 1 is 1.56 bits per heavy atom. The number of hydrogen-bond acceptors (Lipinski definition) is 5. The van der Waals surface area contributed by atoms with Gasteiger partial charge in [0.1, 0.15) is 23.0 Å². The van der Waals surface area contributed by atoms with Crippen molar-refractivity contribution in [2.75, 3.05) is 5.32 Å². The summed E-state index contributed by atoms with van der Waals surface area (Å²) < 4.78 is 0. The standard InChI is InChI=1S/C10H11N3O2S/c1-5-3-7-8(13-6(2)10(14)15)11-4-12-9(7)16-5/h3-4,6H,1-2H3,(H,14,15)(H,11,12,13). The number of thiophene rings is 1. The zero-order chi connectivity index (χ0) is 11.7. The zero-order valence-corrected chi connectivity index (χ0v) is 9.71. The number of nitrogens with one attached hydrogen (secondary N) is 1. The number of anilines is 1. The van der Waals surface area contributed by atoms with Crippen molar-refractivity contribution < 1.29 is 9.90 Å². The molecule has 0 bridgehead atoms. The summed E-state index contributed by atoms with van der Waals surface area (Å²) in [5.41, 5.74) is 0. The maximum absolute atomic E-state index is 10.7. The molecule has 0 aromatic carbocycles. The summed E-state index contributed by atoms with van der Waals surface area (Å²) in [6.45, 7) is 3.56. The summed E-state index contributed by atoms with van der Waals surface area (Å²) in [5, 5.41) is 12.5. The number of aliphatic carboxylic acids is 1.